The molecule has 0 aliphatic heterocycles. The summed E-state index contributed by atoms with van der Waals surface area (Å²) >= 11 is 0. The summed E-state index contributed by atoms with van der Waals surface area (Å²) in [5, 5.41) is 11.2. The minimum Gasteiger partial charge on any atom is -0.692 e. The van der Waals surface area contributed by atoms with Gasteiger partial charge in [0, 0.05) is 33.6 Å². The first-order chi connectivity index (χ1) is 13.8. The number of nitrogens with zero attached hydrogens (tertiary/aromatic N) is 2. The summed E-state index contributed by atoms with van der Waals surface area (Å²) in [4.78, 5) is 9.44. The van der Waals surface area contributed by atoms with Crippen LogP contribution in [0.2, 0.25) is 0 Å². The second kappa shape index (κ2) is 8.10. The Bertz CT molecular complexity index is 1290. The molecule has 4 heteroatoms. The first-order valence-corrected chi connectivity index (χ1v) is 9.09. The normalized spacial score (nSPS) is 10.6. The van der Waals surface area contributed by atoms with Crippen LogP contribution in [0.25, 0.3) is 44.7 Å². The van der Waals surface area contributed by atoms with Crippen molar-refractivity contribution in [1.82, 2.24) is 9.97 Å². The Labute approximate surface area is 184 Å². The molecular weight excluding hydrogens is 541 g/mol. The van der Waals surface area contributed by atoms with Crippen molar-refractivity contribution >= 4 is 10.9 Å². The number of rotatable bonds is 3. The molecule has 0 spiro atoms. The third-order valence-electron chi connectivity index (χ3n) is 4.77. The van der Waals surface area contributed by atoms with Gasteiger partial charge in [-0.25, -0.2) is 5.69 Å². The Morgan fingerprint density at radius 2 is 1.45 bits per heavy atom. The number of hydrogen-bond donors (Lipinski definition) is 1. The molecule has 0 fully saturated rings. The van der Waals surface area contributed by atoms with E-state index in [1.807, 2.05) is 66.7 Å². The van der Waals surface area contributed by atoms with Crippen LogP contribution in [0.5, 0.6) is 5.75 Å². The molecule has 0 unspecified atom stereocenters. The topological polar surface area (TPSA) is 47.2 Å². The molecule has 0 bridgehead atoms. The van der Waals surface area contributed by atoms with E-state index in [0.717, 1.165) is 44.7 Å². The minimum absolute atomic E-state index is 0. The van der Waals surface area contributed by atoms with Crippen LogP contribution in [0.1, 0.15) is 0 Å². The fourth-order valence-electron chi connectivity index (χ4n) is 3.34. The van der Waals surface area contributed by atoms with Crippen molar-refractivity contribution in [2.24, 2.45) is 0 Å². The van der Waals surface area contributed by atoms with E-state index < -0.39 is 0 Å². The van der Waals surface area contributed by atoms with Crippen LogP contribution in [0, 0.1) is 6.07 Å². The molecule has 0 amide bonds. The van der Waals surface area contributed by atoms with Gasteiger partial charge in [0.2, 0.25) is 0 Å². The van der Waals surface area contributed by atoms with Crippen molar-refractivity contribution < 1.29 is 27.5 Å². The van der Waals surface area contributed by atoms with Gasteiger partial charge < -0.3 is 10.1 Å². The number of benzene rings is 3. The SMILES string of the molecule is Oc1ccccc1-c1ccc(-c2[c-]c(-c3ccc4ccccc4n3)ccc2)[n-]1.[Au]. The smallest absolute Gasteiger partial charge is 0.121 e. The molecule has 0 saturated heterocycles. The molecule has 1 N–H and O–H groups in total. The number of aromatic hydroxyl groups is 1. The molecule has 0 aliphatic carbocycles. The van der Waals surface area contributed by atoms with E-state index in [4.69, 9.17) is 4.98 Å². The van der Waals surface area contributed by atoms with Crippen molar-refractivity contribution in [3.63, 3.8) is 0 Å². The van der Waals surface area contributed by atoms with Gasteiger partial charge in [0.1, 0.15) is 5.75 Å². The van der Waals surface area contributed by atoms with Crippen LogP contribution >= 0.6 is 0 Å². The van der Waals surface area contributed by atoms with Gasteiger partial charge in [-0.1, -0.05) is 60.2 Å². The standard InChI is InChI=1S/C25H16N2O.Au/c28-25-11-4-2-9-20(25)24-15-14-23(27-24)19-8-5-7-18(16-19)22-13-12-17-6-1-3-10-21(17)26-22;/h1-15,28H;/q-2;. The minimum atomic E-state index is 0. The third kappa shape index (κ3) is 3.76. The summed E-state index contributed by atoms with van der Waals surface area (Å²) in [5.74, 6) is 0.227. The summed E-state index contributed by atoms with van der Waals surface area (Å²) in [6.07, 6.45) is 0. The number of hydrogen-bond acceptors (Lipinski definition) is 2. The summed E-state index contributed by atoms with van der Waals surface area (Å²) < 4.78 is 0. The number of pyridine rings is 1. The average molecular weight is 557 g/mol. The number of para-hydroxylation sites is 2. The van der Waals surface area contributed by atoms with Gasteiger partial charge in [0.05, 0.1) is 5.52 Å². The number of aromatic nitrogens is 2. The van der Waals surface area contributed by atoms with E-state index >= 15 is 0 Å². The number of fused-ring (bicyclic) bond motifs is 1. The summed E-state index contributed by atoms with van der Waals surface area (Å²) in [6, 6.07) is 32.7. The zero-order valence-corrected chi connectivity index (χ0v) is 17.5. The molecule has 3 nitrogen and oxygen atoms in total. The molecule has 29 heavy (non-hydrogen) atoms. The molecule has 145 valence electrons. The van der Waals surface area contributed by atoms with E-state index in [9.17, 15) is 5.11 Å². The molecule has 2 aromatic heterocycles. The molecule has 3 aromatic carbocycles. The van der Waals surface area contributed by atoms with E-state index in [2.05, 4.69) is 23.2 Å². The Morgan fingerprint density at radius 1 is 0.690 bits per heavy atom. The molecule has 1 radical (unpaired) electrons. The molecule has 0 saturated carbocycles. The summed E-state index contributed by atoms with van der Waals surface area (Å²) in [6.45, 7) is 0. The first kappa shape index (κ1) is 19.2. The largest absolute Gasteiger partial charge is 0.692 e. The predicted octanol–water partition coefficient (Wildman–Crippen LogP) is 5.70. The van der Waals surface area contributed by atoms with E-state index in [1.165, 1.54) is 0 Å². The number of phenolic OH excluding ortho intramolecular Hbond substituents is 1. The van der Waals surface area contributed by atoms with Gasteiger partial charge >= 0.3 is 0 Å². The van der Waals surface area contributed by atoms with Crippen molar-refractivity contribution in [2.45, 2.75) is 0 Å². The van der Waals surface area contributed by atoms with Crippen LogP contribution in [0.15, 0.2) is 91.0 Å². The molecule has 5 rings (SSSR count). The summed E-state index contributed by atoms with van der Waals surface area (Å²) in [5.41, 5.74) is 5.96. The molecule has 5 aromatic rings. The van der Waals surface area contributed by atoms with Crippen molar-refractivity contribution in [1.29, 1.82) is 0 Å². The first-order valence-electron chi connectivity index (χ1n) is 9.09. The maximum Gasteiger partial charge on any atom is 0.121 e. The van der Waals surface area contributed by atoms with E-state index in [-0.39, 0.29) is 28.1 Å². The molecule has 0 atom stereocenters. The van der Waals surface area contributed by atoms with Gasteiger partial charge in [-0.05, 0) is 17.5 Å². The molecule has 2 heterocycles. The van der Waals surface area contributed by atoms with Gasteiger partial charge in [0.25, 0.3) is 0 Å². The van der Waals surface area contributed by atoms with E-state index in [0.29, 0.717) is 0 Å². The second-order valence-corrected chi connectivity index (χ2v) is 6.60. The van der Waals surface area contributed by atoms with Crippen LogP contribution in [-0.2, 0) is 22.4 Å². The zero-order valence-electron chi connectivity index (χ0n) is 15.3. The van der Waals surface area contributed by atoms with Crippen LogP contribution in [0.3, 0.4) is 0 Å². The monoisotopic (exact) mass is 557 g/mol. The third-order valence-corrected chi connectivity index (χ3v) is 4.77. The fourth-order valence-corrected chi connectivity index (χ4v) is 3.34. The van der Waals surface area contributed by atoms with Gasteiger partial charge in [-0.15, -0.1) is 41.6 Å². The van der Waals surface area contributed by atoms with Crippen molar-refractivity contribution in [3.8, 4) is 39.5 Å². The van der Waals surface area contributed by atoms with Crippen molar-refractivity contribution in [3.05, 3.63) is 97.1 Å². The molecule has 0 aliphatic rings. The Hall–Kier alpha value is -3.11. The quantitative estimate of drug-likeness (QED) is 0.229. The van der Waals surface area contributed by atoms with Crippen LogP contribution in [0.4, 0.5) is 0 Å². The predicted molar refractivity (Wildman–Crippen MR) is 112 cm³/mol. The number of phenols is 1. The summed E-state index contributed by atoms with van der Waals surface area (Å²) in [7, 11) is 0. The van der Waals surface area contributed by atoms with Crippen LogP contribution in [-0.4, -0.2) is 10.1 Å². The van der Waals surface area contributed by atoms with Gasteiger partial charge in [-0.2, -0.15) is 0 Å². The Balaban J connectivity index is 0.00000205. The van der Waals surface area contributed by atoms with Gasteiger partial charge in [0.15, 0.2) is 0 Å². The maximum atomic E-state index is 10.1. The molecular formula is C25H16AuN2O-2. The average Bonchev–Trinajstić information content (AvgIpc) is 3.24. The Morgan fingerprint density at radius 3 is 2.34 bits per heavy atom. The maximum absolute atomic E-state index is 10.1. The Kier molecular flexibility index (Phi) is 5.36. The van der Waals surface area contributed by atoms with Crippen LogP contribution < -0.4 is 4.98 Å². The zero-order chi connectivity index (χ0) is 18.9. The van der Waals surface area contributed by atoms with Crippen molar-refractivity contribution in [2.75, 3.05) is 0 Å². The van der Waals surface area contributed by atoms with E-state index in [1.54, 1.807) is 12.1 Å². The fraction of sp³-hybridized carbons (Fsp3) is 0. The second-order valence-electron chi connectivity index (χ2n) is 6.60. The van der Waals surface area contributed by atoms with Gasteiger partial charge in [-0.3, -0.25) is 4.98 Å².